The lowest BCUT2D eigenvalue weighted by Gasteiger charge is -2.07. The summed E-state index contributed by atoms with van der Waals surface area (Å²) < 4.78 is 2.26. The van der Waals surface area contributed by atoms with Crippen molar-refractivity contribution in [1.82, 2.24) is 14.9 Å². The Morgan fingerprint density at radius 3 is 2.95 bits per heavy atom. The van der Waals surface area contributed by atoms with Gasteiger partial charge in [0.25, 0.3) is 0 Å². The molecule has 3 heteroatoms. The third-order valence-electron chi connectivity index (χ3n) is 4.30. The second kappa shape index (κ2) is 4.97. The fourth-order valence-corrected chi connectivity index (χ4v) is 2.96. The lowest BCUT2D eigenvalue weighted by molar-refractivity contribution is 0.552. The smallest absolute Gasteiger partial charge is 0.109 e. The number of nitrogens with one attached hydrogen (secondary N) is 1. The molecule has 3 nitrogen and oxygen atoms in total. The summed E-state index contributed by atoms with van der Waals surface area (Å²) in [6.07, 6.45) is 2.37. The van der Waals surface area contributed by atoms with Crippen LogP contribution >= 0.6 is 0 Å². The summed E-state index contributed by atoms with van der Waals surface area (Å²) in [5.41, 5.74) is 3.78. The van der Waals surface area contributed by atoms with Crippen molar-refractivity contribution in [3.05, 3.63) is 29.6 Å². The molecule has 2 aromatic rings. The van der Waals surface area contributed by atoms with Crippen LogP contribution in [-0.2, 0) is 13.5 Å². The molecule has 102 valence electrons. The molecule has 1 aromatic carbocycles. The minimum atomic E-state index is 0.564. The van der Waals surface area contributed by atoms with Crippen LogP contribution in [0.25, 0.3) is 11.0 Å². The molecular formula is C16H23N3. The van der Waals surface area contributed by atoms with Crippen molar-refractivity contribution in [2.45, 2.75) is 32.6 Å². The van der Waals surface area contributed by atoms with Crippen molar-refractivity contribution in [1.29, 1.82) is 0 Å². The van der Waals surface area contributed by atoms with Crippen LogP contribution in [0, 0.1) is 5.92 Å². The number of aryl methyl sites for hydroxylation is 1. The number of hydrogen-bond donors (Lipinski definition) is 1. The lowest BCUT2D eigenvalue weighted by Crippen LogP contribution is -2.12. The van der Waals surface area contributed by atoms with Gasteiger partial charge < -0.3 is 9.88 Å². The summed E-state index contributed by atoms with van der Waals surface area (Å²) in [7, 11) is 2.14. The molecule has 1 saturated heterocycles. The zero-order valence-corrected chi connectivity index (χ0v) is 12.1. The van der Waals surface area contributed by atoms with Crippen molar-refractivity contribution in [3.63, 3.8) is 0 Å². The summed E-state index contributed by atoms with van der Waals surface area (Å²) in [5, 5.41) is 3.43. The fraction of sp³-hybridized carbons (Fsp3) is 0.562. The second-order valence-electron chi connectivity index (χ2n) is 6.05. The van der Waals surface area contributed by atoms with Gasteiger partial charge in [0.15, 0.2) is 0 Å². The Morgan fingerprint density at radius 1 is 1.42 bits per heavy atom. The van der Waals surface area contributed by atoms with E-state index in [1.54, 1.807) is 0 Å². The summed E-state index contributed by atoms with van der Waals surface area (Å²) in [5.74, 6) is 2.54. The quantitative estimate of drug-likeness (QED) is 0.916. The predicted octanol–water partition coefficient (Wildman–Crippen LogP) is 2.85. The Labute approximate surface area is 115 Å². The molecular weight excluding hydrogens is 234 g/mol. The highest BCUT2D eigenvalue weighted by molar-refractivity contribution is 5.77. The van der Waals surface area contributed by atoms with E-state index < -0.39 is 0 Å². The molecule has 1 atom stereocenters. The van der Waals surface area contributed by atoms with Crippen LogP contribution < -0.4 is 5.32 Å². The van der Waals surface area contributed by atoms with Crippen LogP contribution in [-0.4, -0.2) is 22.6 Å². The lowest BCUT2D eigenvalue weighted by atomic mass is 10.0. The van der Waals surface area contributed by atoms with Gasteiger partial charge in [-0.15, -0.1) is 0 Å². The van der Waals surface area contributed by atoms with Gasteiger partial charge in [0.05, 0.1) is 11.0 Å². The summed E-state index contributed by atoms with van der Waals surface area (Å²) >= 11 is 0. The average molecular weight is 257 g/mol. The van der Waals surface area contributed by atoms with Gasteiger partial charge in [-0.3, -0.25) is 0 Å². The van der Waals surface area contributed by atoms with Gasteiger partial charge in [-0.05, 0) is 49.0 Å². The molecule has 0 bridgehead atoms. The normalized spacial score (nSPS) is 19.7. The summed E-state index contributed by atoms with van der Waals surface area (Å²) in [6, 6.07) is 6.69. The molecule has 3 rings (SSSR count). The average Bonchev–Trinajstić information content (AvgIpc) is 2.99. The first-order chi connectivity index (χ1) is 9.15. The van der Waals surface area contributed by atoms with Gasteiger partial charge in [0, 0.05) is 13.5 Å². The molecule has 19 heavy (non-hydrogen) atoms. The minimum Gasteiger partial charge on any atom is -0.331 e. The zero-order valence-electron chi connectivity index (χ0n) is 12.1. The number of imidazole rings is 1. The SMILES string of the molecule is CC(C)c1ccc2c(c1)nc(CC1CCNC1)n2C. The van der Waals surface area contributed by atoms with Gasteiger partial charge in [-0.2, -0.15) is 0 Å². The van der Waals surface area contributed by atoms with Crippen molar-refractivity contribution < 1.29 is 0 Å². The largest absolute Gasteiger partial charge is 0.331 e. The van der Waals surface area contributed by atoms with Gasteiger partial charge in [-0.1, -0.05) is 19.9 Å². The highest BCUT2D eigenvalue weighted by Gasteiger charge is 2.18. The Kier molecular flexibility index (Phi) is 3.31. The number of rotatable bonds is 3. The zero-order chi connectivity index (χ0) is 13.4. The van der Waals surface area contributed by atoms with E-state index in [4.69, 9.17) is 4.98 Å². The Bertz CT molecular complexity index is 577. The molecule has 1 fully saturated rings. The van der Waals surface area contributed by atoms with Crippen LogP contribution in [0.4, 0.5) is 0 Å². The molecule has 0 saturated carbocycles. The van der Waals surface area contributed by atoms with Crippen LogP contribution in [0.3, 0.4) is 0 Å². The van der Waals surface area contributed by atoms with Crippen molar-refractivity contribution in [2.75, 3.05) is 13.1 Å². The molecule has 0 spiro atoms. The third kappa shape index (κ3) is 2.39. The van der Waals surface area contributed by atoms with Crippen LogP contribution in [0.2, 0.25) is 0 Å². The molecule has 0 aliphatic carbocycles. The number of nitrogens with zero attached hydrogens (tertiary/aromatic N) is 2. The maximum Gasteiger partial charge on any atom is 0.109 e. The van der Waals surface area contributed by atoms with E-state index in [2.05, 4.69) is 49.0 Å². The molecule has 1 aromatic heterocycles. The first kappa shape index (κ1) is 12.7. The molecule has 1 aliphatic heterocycles. The molecule has 1 aliphatic rings. The number of fused-ring (bicyclic) bond motifs is 1. The van der Waals surface area contributed by atoms with E-state index in [1.807, 2.05) is 0 Å². The van der Waals surface area contributed by atoms with E-state index in [1.165, 1.54) is 23.3 Å². The summed E-state index contributed by atoms with van der Waals surface area (Å²) in [6.45, 7) is 6.76. The highest BCUT2D eigenvalue weighted by atomic mass is 15.1. The van der Waals surface area contributed by atoms with Crippen molar-refractivity contribution in [3.8, 4) is 0 Å². The topological polar surface area (TPSA) is 29.9 Å². The molecule has 1 N–H and O–H groups in total. The summed E-state index contributed by atoms with van der Waals surface area (Å²) in [4.78, 5) is 4.85. The predicted molar refractivity (Wildman–Crippen MR) is 79.5 cm³/mol. The van der Waals surface area contributed by atoms with E-state index in [0.717, 1.165) is 30.9 Å². The van der Waals surface area contributed by atoms with E-state index in [-0.39, 0.29) is 0 Å². The second-order valence-corrected chi connectivity index (χ2v) is 6.05. The first-order valence-corrected chi connectivity index (χ1v) is 7.31. The highest BCUT2D eigenvalue weighted by Crippen LogP contribution is 2.23. The maximum absolute atomic E-state index is 4.85. The molecule has 0 radical (unpaired) electrons. The molecule has 1 unspecified atom stereocenters. The first-order valence-electron chi connectivity index (χ1n) is 7.31. The van der Waals surface area contributed by atoms with E-state index in [9.17, 15) is 0 Å². The Morgan fingerprint density at radius 2 is 2.26 bits per heavy atom. The minimum absolute atomic E-state index is 0.564. The van der Waals surface area contributed by atoms with Gasteiger partial charge >= 0.3 is 0 Å². The van der Waals surface area contributed by atoms with E-state index in [0.29, 0.717) is 5.92 Å². The number of hydrogen-bond acceptors (Lipinski definition) is 2. The Hall–Kier alpha value is -1.35. The van der Waals surface area contributed by atoms with Crippen LogP contribution in [0.1, 0.15) is 37.6 Å². The van der Waals surface area contributed by atoms with Crippen LogP contribution in [0.5, 0.6) is 0 Å². The van der Waals surface area contributed by atoms with Crippen LogP contribution in [0.15, 0.2) is 18.2 Å². The number of aromatic nitrogens is 2. The maximum atomic E-state index is 4.85. The monoisotopic (exact) mass is 257 g/mol. The molecule has 0 amide bonds. The molecule has 2 heterocycles. The van der Waals surface area contributed by atoms with Gasteiger partial charge in [0.1, 0.15) is 5.82 Å². The van der Waals surface area contributed by atoms with Crippen molar-refractivity contribution in [2.24, 2.45) is 13.0 Å². The van der Waals surface area contributed by atoms with Gasteiger partial charge in [0.2, 0.25) is 0 Å². The van der Waals surface area contributed by atoms with Crippen molar-refractivity contribution >= 4 is 11.0 Å². The van der Waals surface area contributed by atoms with Gasteiger partial charge in [-0.25, -0.2) is 4.98 Å². The standard InChI is InChI=1S/C16H23N3/c1-11(2)13-4-5-15-14(9-13)18-16(19(15)3)8-12-6-7-17-10-12/h4-5,9,11-12,17H,6-8,10H2,1-3H3. The third-order valence-corrected chi connectivity index (χ3v) is 4.30. The van der Waals surface area contributed by atoms with E-state index >= 15 is 0 Å². The fourth-order valence-electron chi connectivity index (χ4n) is 2.96. The number of benzene rings is 1. The Balaban J connectivity index is 1.94.